The molecular formula is C15H15F2N3O3S. The molecule has 0 aliphatic carbocycles. The summed E-state index contributed by atoms with van der Waals surface area (Å²) in [6.07, 6.45) is 0. The van der Waals surface area contributed by atoms with Crippen molar-refractivity contribution in [1.82, 2.24) is 4.72 Å². The minimum absolute atomic E-state index is 0.154. The first-order valence-corrected chi connectivity index (χ1v) is 8.57. The van der Waals surface area contributed by atoms with E-state index in [1.54, 1.807) is 25.2 Å². The molecule has 6 nitrogen and oxygen atoms in total. The van der Waals surface area contributed by atoms with Gasteiger partial charge >= 0.3 is 0 Å². The van der Waals surface area contributed by atoms with E-state index in [0.29, 0.717) is 22.0 Å². The first kappa shape index (κ1) is 16.7. The molecule has 0 aromatic heterocycles. The molecule has 1 aliphatic rings. The minimum Gasteiger partial charge on any atom is -0.325 e. The number of sulfonamides is 1. The van der Waals surface area contributed by atoms with Crippen LogP contribution in [0.2, 0.25) is 0 Å². The fourth-order valence-corrected chi connectivity index (χ4v) is 3.96. The molecule has 0 atom stereocenters. The lowest BCUT2D eigenvalue weighted by Crippen LogP contribution is -2.41. The molecule has 128 valence electrons. The van der Waals surface area contributed by atoms with Crippen molar-refractivity contribution in [3.05, 3.63) is 35.9 Å². The molecule has 0 saturated heterocycles. The second kappa shape index (κ2) is 5.47. The number of alkyl halides is 2. The smallest absolute Gasteiger partial charge is 0.273 e. The van der Waals surface area contributed by atoms with E-state index >= 15 is 0 Å². The van der Waals surface area contributed by atoms with E-state index in [2.05, 4.69) is 0 Å². The standard InChI is InChI=1S/C15H15F2N3O3S/c1-20-11-5-6-12(24(22,23)19-8-15(16,17)7-18)9-3-2-4-10(13(9)11)14(20)21/h2-6,19H,7-8,18H2,1H3. The van der Waals surface area contributed by atoms with Crippen LogP contribution >= 0.6 is 0 Å². The molecule has 24 heavy (non-hydrogen) atoms. The van der Waals surface area contributed by atoms with Crippen LogP contribution in [0.25, 0.3) is 10.8 Å². The van der Waals surface area contributed by atoms with Crippen LogP contribution < -0.4 is 15.4 Å². The Balaban J connectivity index is 2.11. The quantitative estimate of drug-likeness (QED) is 0.846. The highest BCUT2D eigenvalue weighted by molar-refractivity contribution is 7.89. The van der Waals surface area contributed by atoms with Crippen molar-refractivity contribution in [2.75, 3.05) is 25.0 Å². The maximum Gasteiger partial charge on any atom is 0.273 e. The van der Waals surface area contributed by atoms with Gasteiger partial charge in [-0.2, -0.15) is 0 Å². The van der Waals surface area contributed by atoms with Crippen LogP contribution in [0.5, 0.6) is 0 Å². The molecular weight excluding hydrogens is 340 g/mol. The Morgan fingerprint density at radius 1 is 1.25 bits per heavy atom. The monoisotopic (exact) mass is 355 g/mol. The number of hydrogen-bond donors (Lipinski definition) is 2. The van der Waals surface area contributed by atoms with E-state index in [4.69, 9.17) is 5.73 Å². The lowest BCUT2D eigenvalue weighted by molar-refractivity contribution is 0.0170. The van der Waals surface area contributed by atoms with Gasteiger partial charge < -0.3 is 10.6 Å². The van der Waals surface area contributed by atoms with E-state index in [9.17, 15) is 22.0 Å². The van der Waals surface area contributed by atoms with Crippen molar-refractivity contribution in [3.8, 4) is 0 Å². The number of anilines is 1. The van der Waals surface area contributed by atoms with Crippen molar-refractivity contribution in [1.29, 1.82) is 0 Å². The Labute approximate surface area is 137 Å². The third kappa shape index (κ3) is 2.54. The van der Waals surface area contributed by atoms with Crippen LogP contribution in [-0.2, 0) is 10.0 Å². The van der Waals surface area contributed by atoms with Crippen molar-refractivity contribution >= 4 is 32.4 Å². The van der Waals surface area contributed by atoms with E-state index in [0.717, 1.165) is 0 Å². The Morgan fingerprint density at radius 2 is 1.96 bits per heavy atom. The Hall–Kier alpha value is -2.10. The number of halogens is 2. The highest BCUT2D eigenvalue weighted by Crippen LogP contribution is 2.39. The number of carbonyl (C=O) groups is 1. The summed E-state index contributed by atoms with van der Waals surface area (Å²) in [6.45, 7) is -2.05. The van der Waals surface area contributed by atoms with Gasteiger partial charge in [0.05, 0.1) is 23.7 Å². The van der Waals surface area contributed by atoms with E-state index in [1.807, 2.05) is 4.72 Å². The molecule has 0 saturated carbocycles. The SMILES string of the molecule is CN1C(=O)c2cccc3c(S(=O)(=O)NCC(F)(F)CN)ccc1c23. The van der Waals surface area contributed by atoms with Crippen LogP contribution in [-0.4, -0.2) is 40.4 Å². The topological polar surface area (TPSA) is 92.5 Å². The van der Waals surface area contributed by atoms with E-state index in [1.165, 1.54) is 17.0 Å². The highest BCUT2D eigenvalue weighted by Gasteiger charge is 2.32. The third-order valence-electron chi connectivity index (χ3n) is 3.98. The Kier molecular flexibility index (Phi) is 3.82. The van der Waals surface area contributed by atoms with E-state index in [-0.39, 0.29) is 10.8 Å². The zero-order chi connectivity index (χ0) is 17.7. The summed E-state index contributed by atoms with van der Waals surface area (Å²) in [6, 6.07) is 7.51. The maximum absolute atomic E-state index is 13.3. The summed E-state index contributed by atoms with van der Waals surface area (Å²) in [5.74, 6) is -3.58. The van der Waals surface area contributed by atoms with E-state index < -0.39 is 29.0 Å². The van der Waals surface area contributed by atoms with Gasteiger partial charge in [0.15, 0.2) is 0 Å². The van der Waals surface area contributed by atoms with Gasteiger partial charge in [0.2, 0.25) is 10.0 Å². The van der Waals surface area contributed by atoms with Crippen molar-refractivity contribution < 1.29 is 22.0 Å². The molecule has 9 heteroatoms. The summed E-state index contributed by atoms with van der Waals surface area (Å²) in [7, 11) is -2.60. The molecule has 3 rings (SSSR count). The Morgan fingerprint density at radius 3 is 2.62 bits per heavy atom. The number of carbonyl (C=O) groups excluding carboxylic acids is 1. The summed E-state index contributed by atoms with van der Waals surface area (Å²) >= 11 is 0. The van der Waals surface area contributed by atoms with Gasteiger partial charge in [0.25, 0.3) is 11.8 Å². The Bertz CT molecular complexity index is 944. The number of amides is 1. The second-order valence-electron chi connectivity index (χ2n) is 5.56. The van der Waals surface area contributed by atoms with Gasteiger partial charge in [0, 0.05) is 23.4 Å². The van der Waals surface area contributed by atoms with Gasteiger partial charge in [-0.3, -0.25) is 4.79 Å². The van der Waals surface area contributed by atoms with Crippen LogP contribution in [0.4, 0.5) is 14.5 Å². The van der Waals surface area contributed by atoms with Crippen molar-refractivity contribution in [2.24, 2.45) is 5.73 Å². The molecule has 0 spiro atoms. The first-order chi connectivity index (χ1) is 11.2. The van der Waals surface area contributed by atoms with Crippen LogP contribution in [0, 0.1) is 0 Å². The molecule has 0 fully saturated rings. The van der Waals surface area contributed by atoms with Gasteiger partial charge in [-0.05, 0) is 18.2 Å². The molecule has 1 amide bonds. The van der Waals surface area contributed by atoms with Gasteiger partial charge in [0.1, 0.15) is 0 Å². The number of nitrogens with one attached hydrogen (secondary N) is 1. The predicted molar refractivity (Wildman–Crippen MR) is 85.9 cm³/mol. The number of rotatable bonds is 5. The highest BCUT2D eigenvalue weighted by atomic mass is 32.2. The fourth-order valence-electron chi connectivity index (χ4n) is 2.69. The van der Waals surface area contributed by atoms with Crippen LogP contribution in [0.15, 0.2) is 35.2 Å². The molecule has 3 N–H and O–H groups in total. The van der Waals surface area contributed by atoms with Crippen LogP contribution in [0.3, 0.4) is 0 Å². The number of nitrogens with zero attached hydrogens (tertiary/aromatic N) is 1. The number of hydrogen-bond acceptors (Lipinski definition) is 4. The van der Waals surface area contributed by atoms with Crippen molar-refractivity contribution in [3.63, 3.8) is 0 Å². The second-order valence-corrected chi connectivity index (χ2v) is 7.30. The molecule has 2 aromatic rings. The normalized spacial score (nSPS) is 14.7. The summed E-state index contributed by atoms with van der Waals surface area (Å²) in [4.78, 5) is 13.4. The molecule has 0 unspecified atom stereocenters. The fraction of sp³-hybridized carbons (Fsp3) is 0.267. The first-order valence-electron chi connectivity index (χ1n) is 7.09. The molecule has 1 aliphatic heterocycles. The maximum atomic E-state index is 13.3. The zero-order valence-electron chi connectivity index (χ0n) is 12.7. The average Bonchev–Trinajstić information content (AvgIpc) is 2.80. The lowest BCUT2D eigenvalue weighted by atomic mass is 10.1. The number of benzene rings is 2. The van der Waals surface area contributed by atoms with Gasteiger partial charge in [-0.15, -0.1) is 0 Å². The lowest BCUT2D eigenvalue weighted by Gasteiger charge is -2.16. The average molecular weight is 355 g/mol. The molecule has 1 heterocycles. The predicted octanol–water partition coefficient (Wildman–Crippen LogP) is 1.30. The van der Waals surface area contributed by atoms with Gasteiger partial charge in [-0.1, -0.05) is 12.1 Å². The zero-order valence-corrected chi connectivity index (χ0v) is 13.5. The molecule has 0 radical (unpaired) electrons. The van der Waals surface area contributed by atoms with Crippen LogP contribution in [0.1, 0.15) is 10.4 Å². The third-order valence-corrected chi connectivity index (χ3v) is 5.44. The molecule has 0 bridgehead atoms. The van der Waals surface area contributed by atoms with Crippen molar-refractivity contribution in [2.45, 2.75) is 10.8 Å². The molecule has 2 aromatic carbocycles. The summed E-state index contributed by atoms with van der Waals surface area (Å²) < 4.78 is 53.2. The number of nitrogens with two attached hydrogens (primary N) is 1. The largest absolute Gasteiger partial charge is 0.325 e. The minimum atomic E-state index is -4.19. The van der Waals surface area contributed by atoms with Gasteiger partial charge in [-0.25, -0.2) is 21.9 Å². The summed E-state index contributed by atoms with van der Waals surface area (Å²) in [5, 5.41) is 0.810. The summed E-state index contributed by atoms with van der Waals surface area (Å²) in [5.41, 5.74) is 5.88.